The molecule has 0 fully saturated rings. The lowest BCUT2D eigenvalue weighted by Gasteiger charge is -2.09. The van der Waals surface area contributed by atoms with E-state index in [0.29, 0.717) is 29.4 Å². The molecule has 0 radical (unpaired) electrons. The highest BCUT2D eigenvalue weighted by Gasteiger charge is 2.24. The Morgan fingerprint density at radius 3 is 2.76 bits per heavy atom. The minimum Gasteiger partial charge on any atom is -0.507 e. The van der Waals surface area contributed by atoms with Crippen LogP contribution in [0, 0.1) is 0 Å². The Labute approximate surface area is 130 Å². The maximum Gasteiger partial charge on any atom is 0.315 e. The van der Waals surface area contributed by atoms with Crippen LogP contribution < -0.4 is 5.73 Å². The zero-order chi connectivity index (χ0) is 15.1. The van der Waals surface area contributed by atoms with Crippen molar-refractivity contribution in [2.24, 2.45) is 5.73 Å². The number of hydrogen-bond acceptors (Lipinski definition) is 4. The van der Waals surface area contributed by atoms with Gasteiger partial charge in [0.25, 0.3) is 0 Å². The van der Waals surface area contributed by atoms with Gasteiger partial charge in [-0.3, -0.25) is 0 Å². The fourth-order valence-electron chi connectivity index (χ4n) is 2.21. The quantitative estimate of drug-likeness (QED) is 0.843. The van der Waals surface area contributed by atoms with Crippen molar-refractivity contribution in [3.63, 3.8) is 0 Å². The zero-order valence-corrected chi connectivity index (χ0v) is 12.2. The number of phenols is 1. The molecule has 8 heteroatoms. The van der Waals surface area contributed by atoms with E-state index in [2.05, 4.69) is 9.97 Å². The molecule has 3 N–H and O–H groups in total. The molecule has 2 amide bonds. The third-order valence-corrected chi connectivity index (χ3v) is 3.74. The highest BCUT2D eigenvalue weighted by Crippen LogP contribution is 2.37. The summed E-state index contributed by atoms with van der Waals surface area (Å²) < 4.78 is 0. The van der Waals surface area contributed by atoms with Gasteiger partial charge in [0, 0.05) is 16.8 Å². The summed E-state index contributed by atoms with van der Waals surface area (Å²) in [5.41, 5.74) is 7.07. The van der Waals surface area contributed by atoms with Crippen LogP contribution in [0.5, 0.6) is 5.75 Å². The van der Waals surface area contributed by atoms with Gasteiger partial charge < -0.3 is 15.7 Å². The summed E-state index contributed by atoms with van der Waals surface area (Å²) in [5.74, 6) is 0.177. The summed E-state index contributed by atoms with van der Waals surface area (Å²) in [5, 5.41) is 10.6. The lowest BCUT2D eigenvalue weighted by atomic mass is 10.1. The molecule has 108 valence electrons. The van der Waals surface area contributed by atoms with E-state index in [0.717, 1.165) is 5.56 Å². The maximum absolute atomic E-state index is 11.2. The van der Waals surface area contributed by atoms with Crippen LogP contribution in [-0.4, -0.2) is 26.0 Å². The predicted octanol–water partition coefficient (Wildman–Crippen LogP) is 2.55. The fourth-order valence-corrected chi connectivity index (χ4v) is 2.78. The van der Waals surface area contributed by atoms with E-state index in [-0.39, 0.29) is 16.6 Å². The number of primary amides is 1. The molecular weight excluding hydrogens is 315 g/mol. The van der Waals surface area contributed by atoms with Gasteiger partial charge in [0.1, 0.15) is 5.75 Å². The third-order valence-electron chi connectivity index (χ3n) is 3.23. The topological polar surface area (TPSA) is 92.3 Å². The molecule has 2 aromatic rings. The van der Waals surface area contributed by atoms with Gasteiger partial charge in [-0.25, -0.2) is 14.8 Å². The summed E-state index contributed by atoms with van der Waals surface area (Å²) in [6.07, 6.45) is 1.60. The van der Waals surface area contributed by atoms with Crippen molar-refractivity contribution >= 4 is 29.2 Å². The number of benzene rings is 1. The first-order valence-corrected chi connectivity index (χ1v) is 6.79. The molecule has 0 spiro atoms. The fraction of sp³-hybridized carbons (Fsp3) is 0.154. The van der Waals surface area contributed by atoms with E-state index >= 15 is 0 Å². The number of phenolic OH excluding ortho intramolecular Hbond substituents is 1. The molecule has 1 aromatic carbocycles. The number of hydrogen-bond donors (Lipinski definition) is 2. The average molecular weight is 325 g/mol. The molecule has 6 nitrogen and oxygen atoms in total. The minimum atomic E-state index is -0.512. The smallest absolute Gasteiger partial charge is 0.315 e. The number of nitrogens with two attached hydrogens (primary N) is 1. The van der Waals surface area contributed by atoms with E-state index in [4.69, 9.17) is 28.9 Å². The molecule has 0 saturated carbocycles. The zero-order valence-electron chi connectivity index (χ0n) is 10.7. The van der Waals surface area contributed by atoms with Crippen LogP contribution in [0.15, 0.2) is 18.3 Å². The molecule has 1 aliphatic heterocycles. The number of urea groups is 1. The number of halogens is 2. The van der Waals surface area contributed by atoms with Crippen molar-refractivity contribution in [1.29, 1.82) is 0 Å². The molecule has 21 heavy (non-hydrogen) atoms. The monoisotopic (exact) mass is 324 g/mol. The largest absolute Gasteiger partial charge is 0.507 e. The van der Waals surface area contributed by atoms with Gasteiger partial charge in [-0.1, -0.05) is 23.2 Å². The van der Waals surface area contributed by atoms with Crippen LogP contribution in [0.4, 0.5) is 4.79 Å². The van der Waals surface area contributed by atoms with E-state index in [1.165, 1.54) is 17.0 Å². The minimum absolute atomic E-state index is 0.0998. The van der Waals surface area contributed by atoms with Gasteiger partial charge in [-0.15, -0.1) is 0 Å². The van der Waals surface area contributed by atoms with Crippen LogP contribution in [0.3, 0.4) is 0 Å². The highest BCUT2D eigenvalue weighted by molar-refractivity contribution is 6.36. The molecule has 2 heterocycles. The van der Waals surface area contributed by atoms with Crippen LogP contribution in [0.25, 0.3) is 11.4 Å². The highest BCUT2D eigenvalue weighted by atomic mass is 35.5. The number of rotatable bonds is 1. The Hall–Kier alpha value is -2.05. The standard InChI is InChI=1S/C13H10Cl2N4O2/c14-7-1-8(15)11(10(20)2-7)12-17-3-6-4-19(13(16)21)5-9(6)18-12/h1-3,20H,4-5H2,(H2,16,21). The van der Waals surface area contributed by atoms with Gasteiger partial charge in [-0.05, 0) is 12.1 Å². The Bertz CT molecular complexity index is 728. The normalized spacial score (nSPS) is 13.3. The maximum atomic E-state index is 11.2. The van der Waals surface area contributed by atoms with Crippen molar-refractivity contribution in [3.05, 3.63) is 39.6 Å². The van der Waals surface area contributed by atoms with Gasteiger partial charge in [0.05, 0.1) is 29.4 Å². The van der Waals surface area contributed by atoms with Crippen LogP contribution in [0.2, 0.25) is 10.0 Å². The van der Waals surface area contributed by atoms with Gasteiger partial charge in [0.15, 0.2) is 5.82 Å². The second-order valence-electron chi connectivity index (χ2n) is 4.64. The summed E-state index contributed by atoms with van der Waals surface area (Å²) in [4.78, 5) is 21.2. The Morgan fingerprint density at radius 2 is 2.10 bits per heavy atom. The van der Waals surface area contributed by atoms with E-state index in [1.807, 2.05) is 0 Å². The van der Waals surface area contributed by atoms with Crippen molar-refractivity contribution < 1.29 is 9.90 Å². The van der Waals surface area contributed by atoms with Crippen LogP contribution in [0.1, 0.15) is 11.3 Å². The first-order chi connectivity index (χ1) is 9.95. The van der Waals surface area contributed by atoms with E-state index in [1.54, 1.807) is 6.20 Å². The molecule has 0 atom stereocenters. The van der Waals surface area contributed by atoms with Crippen LogP contribution in [-0.2, 0) is 13.1 Å². The predicted molar refractivity (Wildman–Crippen MR) is 78.0 cm³/mol. The lowest BCUT2D eigenvalue weighted by Crippen LogP contribution is -2.30. The number of aromatic nitrogens is 2. The van der Waals surface area contributed by atoms with Gasteiger partial charge >= 0.3 is 6.03 Å². The Kier molecular flexibility index (Phi) is 3.35. The average Bonchev–Trinajstić information content (AvgIpc) is 2.80. The number of nitrogens with zero attached hydrogens (tertiary/aromatic N) is 3. The summed E-state index contributed by atoms with van der Waals surface area (Å²) in [6.45, 7) is 0.692. The number of amides is 2. The molecule has 3 rings (SSSR count). The Morgan fingerprint density at radius 1 is 1.33 bits per heavy atom. The first kappa shape index (κ1) is 13.9. The second kappa shape index (κ2) is 5.05. The third kappa shape index (κ3) is 2.48. The number of aromatic hydroxyl groups is 1. The van der Waals surface area contributed by atoms with Crippen molar-refractivity contribution in [3.8, 4) is 17.1 Å². The van der Waals surface area contributed by atoms with Crippen molar-refractivity contribution in [2.75, 3.05) is 0 Å². The molecule has 0 saturated heterocycles. The molecule has 0 unspecified atom stereocenters. The van der Waals surface area contributed by atoms with Crippen LogP contribution >= 0.6 is 23.2 Å². The Balaban J connectivity index is 2.04. The first-order valence-electron chi connectivity index (χ1n) is 6.03. The summed E-state index contributed by atoms with van der Waals surface area (Å²) in [7, 11) is 0. The molecule has 1 aliphatic rings. The van der Waals surface area contributed by atoms with Crippen molar-refractivity contribution in [1.82, 2.24) is 14.9 Å². The molecule has 0 aliphatic carbocycles. The molecule has 1 aromatic heterocycles. The molecular formula is C13H10Cl2N4O2. The second-order valence-corrected chi connectivity index (χ2v) is 5.49. The number of fused-ring (bicyclic) bond motifs is 1. The lowest BCUT2D eigenvalue weighted by molar-refractivity contribution is 0.208. The number of carbonyl (C=O) groups is 1. The number of carbonyl (C=O) groups excluding carboxylic acids is 1. The van der Waals surface area contributed by atoms with Gasteiger partial charge in [-0.2, -0.15) is 0 Å². The summed E-state index contributed by atoms with van der Waals surface area (Å²) in [6, 6.07) is 2.36. The molecule has 0 bridgehead atoms. The SMILES string of the molecule is NC(=O)N1Cc2cnc(-c3c(O)cc(Cl)cc3Cl)nc2C1. The van der Waals surface area contributed by atoms with E-state index < -0.39 is 6.03 Å². The van der Waals surface area contributed by atoms with Crippen molar-refractivity contribution in [2.45, 2.75) is 13.1 Å². The summed E-state index contributed by atoms with van der Waals surface area (Å²) >= 11 is 11.9. The van der Waals surface area contributed by atoms with Gasteiger partial charge in [0.2, 0.25) is 0 Å². The van der Waals surface area contributed by atoms with E-state index in [9.17, 15) is 9.90 Å².